The molecule has 1 aromatic carbocycles. The minimum absolute atomic E-state index is 0.119. The molecule has 0 bridgehead atoms. The number of sulfonamides is 1. The molecule has 0 spiro atoms. The van der Waals surface area contributed by atoms with E-state index < -0.39 is 10.0 Å². The molecule has 2 N–H and O–H groups in total. The van der Waals surface area contributed by atoms with Crippen LogP contribution in [-0.2, 0) is 21.3 Å². The Labute approximate surface area is 112 Å². The van der Waals surface area contributed by atoms with E-state index in [0.717, 1.165) is 5.56 Å². The minimum Gasteiger partial charge on any atom is -0.379 e. The van der Waals surface area contributed by atoms with Gasteiger partial charge < -0.3 is 10.5 Å². The summed E-state index contributed by atoms with van der Waals surface area (Å²) in [6.45, 7) is 1.81. The van der Waals surface area contributed by atoms with E-state index >= 15 is 0 Å². The van der Waals surface area contributed by atoms with Gasteiger partial charge in [0.2, 0.25) is 10.0 Å². The molecule has 0 radical (unpaired) electrons. The molecule has 1 heterocycles. The smallest absolute Gasteiger partial charge is 0.244 e. The lowest BCUT2D eigenvalue weighted by Crippen LogP contribution is -2.40. The first kappa shape index (κ1) is 13.8. The minimum atomic E-state index is -3.56. The topological polar surface area (TPSA) is 72.6 Å². The summed E-state index contributed by atoms with van der Waals surface area (Å²) in [7, 11) is -3.56. The van der Waals surface area contributed by atoms with Crippen molar-refractivity contribution >= 4 is 21.6 Å². The van der Waals surface area contributed by atoms with Crippen molar-refractivity contribution in [2.75, 3.05) is 26.3 Å². The maximum Gasteiger partial charge on any atom is 0.244 e. The molecule has 1 aliphatic rings. The van der Waals surface area contributed by atoms with Crippen LogP contribution < -0.4 is 5.73 Å². The van der Waals surface area contributed by atoms with Crippen LogP contribution in [0.2, 0.25) is 5.02 Å². The van der Waals surface area contributed by atoms with E-state index in [-0.39, 0.29) is 16.5 Å². The van der Waals surface area contributed by atoms with Crippen molar-refractivity contribution in [3.05, 3.63) is 28.8 Å². The van der Waals surface area contributed by atoms with Gasteiger partial charge in [0, 0.05) is 19.6 Å². The van der Waals surface area contributed by atoms with Crippen LogP contribution in [0.3, 0.4) is 0 Å². The van der Waals surface area contributed by atoms with Crippen molar-refractivity contribution in [3.63, 3.8) is 0 Å². The molecule has 0 amide bonds. The molecule has 1 aliphatic heterocycles. The molecule has 100 valence electrons. The number of halogens is 1. The summed E-state index contributed by atoms with van der Waals surface area (Å²) >= 11 is 5.98. The molecular weight excluding hydrogens is 276 g/mol. The average molecular weight is 291 g/mol. The number of nitrogens with two attached hydrogens (primary N) is 1. The summed E-state index contributed by atoms with van der Waals surface area (Å²) in [5, 5.41) is 0.221. The Balaban J connectivity index is 2.39. The van der Waals surface area contributed by atoms with Gasteiger partial charge in [0.05, 0.1) is 18.2 Å². The van der Waals surface area contributed by atoms with Gasteiger partial charge >= 0.3 is 0 Å². The Morgan fingerprint density at radius 1 is 1.33 bits per heavy atom. The molecule has 7 heteroatoms. The van der Waals surface area contributed by atoms with E-state index in [1.165, 1.54) is 10.4 Å². The third-order valence-electron chi connectivity index (χ3n) is 2.82. The van der Waals surface area contributed by atoms with Crippen molar-refractivity contribution in [1.29, 1.82) is 0 Å². The highest BCUT2D eigenvalue weighted by molar-refractivity contribution is 7.89. The third kappa shape index (κ3) is 2.67. The lowest BCUT2D eigenvalue weighted by molar-refractivity contribution is 0.0730. The number of morpholine rings is 1. The number of hydrogen-bond donors (Lipinski definition) is 1. The zero-order chi connectivity index (χ0) is 13.2. The first-order chi connectivity index (χ1) is 8.55. The Morgan fingerprint density at radius 3 is 2.61 bits per heavy atom. The second-order valence-electron chi connectivity index (χ2n) is 3.99. The van der Waals surface area contributed by atoms with E-state index in [4.69, 9.17) is 22.1 Å². The van der Waals surface area contributed by atoms with Crippen LogP contribution in [0, 0.1) is 0 Å². The molecule has 0 aromatic heterocycles. The lowest BCUT2D eigenvalue weighted by atomic mass is 10.2. The molecule has 1 saturated heterocycles. The van der Waals surface area contributed by atoms with Crippen molar-refractivity contribution in [2.24, 2.45) is 5.73 Å². The summed E-state index contributed by atoms with van der Waals surface area (Å²) in [5.74, 6) is 0. The highest BCUT2D eigenvalue weighted by atomic mass is 35.5. The van der Waals surface area contributed by atoms with E-state index in [1.807, 2.05) is 0 Å². The second kappa shape index (κ2) is 5.54. The van der Waals surface area contributed by atoms with Gasteiger partial charge in [0.1, 0.15) is 4.90 Å². The predicted molar refractivity (Wildman–Crippen MR) is 68.9 cm³/mol. The van der Waals surface area contributed by atoms with Crippen molar-refractivity contribution < 1.29 is 13.2 Å². The largest absolute Gasteiger partial charge is 0.379 e. The summed E-state index contributed by atoms with van der Waals surface area (Å²) in [6.07, 6.45) is 0. The van der Waals surface area contributed by atoms with Gasteiger partial charge in [-0.05, 0) is 17.7 Å². The van der Waals surface area contributed by atoms with E-state index in [1.54, 1.807) is 12.1 Å². The zero-order valence-corrected chi connectivity index (χ0v) is 11.4. The molecular formula is C11H15ClN2O3S. The highest BCUT2D eigenvalue weighted by Gasteiger charge is 2.28. The molecule has 0 aliphatic carbocycles. The quantitative estimate of drug-likeness (QED) is 0.894. The van der Waals surface area contributed by atoms with Crippen molar-refractivity contribution in [3.8, 4) is 0 Å². The maximum atomic E-state index is 12.4. The Morgan fingerprint density at radius 2 is 2.00 bits per heavy atom. The van der Waals surface area contributed by atoms with E-state index in [9.17, 15) is 8.42 Å². The number of ether oxygens (including phenoxy) is 1. The molecule has 0 atom stereocenters. The number of nitrogens with zero attached hydrogens (tertiary/aromatic N) is 1. The fourth-order valence-electron chi connectivity index (χ4n) is 1.80. The van der Waals surface area contributed by atoms with Crippen molar-refractivity contribution in [1.82, 2.24) is 4.31 Å². The molecule has 0 unspecified atom stereocenters. The number of benzene rings is 1. The summed E-state index contributed by atoms with van der Waals surface area (Å²) in [4.78, 5) is 0.119. The van der Waals surface area contributed by atoms with Crippen LogP contribution in [0.5, 0.6) is 0 Å². The monoisotopic (exact) mass is 290 g/mol. The van der Waals surface area contributed by atoms with Crippen LogP contribution in [0.4, 0.5) is 0 Å². The SMILES string of the molecule is NCc1ccc(Cl)c(S(=O)(=O)N2CCOCC2)c1. The van der Waals surface area contributed by atoms with Crippen LogP contribution in [0.15, 0.2) is 23.1 Å². The third-order valence-corrected chi connectivity index (χ3v) is 5.20. The molecule has 5 nitrogen and oxygen atoms in total. The zero-order valence-electron chi connectivity index (χ0n) is 9.80. The van der Waals surface area contributed by atoms with Crippen LogP contribution in [0.1, 0.15) is 5.56 Å². The van der Waals surface area contributed by atoms with Gasteiger partial charge in [-0.3, -0.25) is 0 Å². The van der Waals surface area contributed by atoms with Crippen LogP contribution >= 0.6 is 11.6 Å². The van der Waals surface area contributed by atoms with Crippen molar-refractivity contribution in [2.45, 2.75) is 11.4 Å². The van der Waals surface area contributed by atoms with E-state index in [0.29, 0.717) is 26.3 Å². The van der Waals surface area contributed by atoms with Gasteiger partial charge in [-0.1, -0.05) is 17.7 Å². The molecule has 18 heavy (non-hydrogen) atoms. The second-order valence-corrected chi connectivity index (χ2v) is 6.30. The lowest BCUT2D eigenvalue weighted by Gasteiger charge is -2.26. The molecule has 2 rings (SSSR count). The van der Waals surface area contributed by atoms with Gasteiger partial charge in [-0.15, -0.1) is 0 Å². The maximum absolute atomic E-state index is 12.4. The Bertz CT molecular complexity index is 527. The fraction of sp³-hybridized carbons (Fsp3) is 0.455. The van der Waals surface area contributed by atoms with E-state index in [2.05, 4.69) is 0 Å². The van der Waals surface area contributed by atoms with Crippen LogP contribution in [0.25, 0.3) is 0 Å². The van der Waals surface area contributed by atoms with Gasteiger partial charge in [0.25, 0.3) is 0 Å². The first-order valence-corrected chi connectivity index (χ1v) is 7.44. The summed E-state index contributed by atoms with van der Waals surface area (Å²) in [6, 6.07) is 4.82. The predicted octanol–water partition coefficient (Wildman–Crippen LogP) is 0.820. The summed E-state index contributed by atoms with van der Waals surface area (Å²) < 4.78 is 31.4. The Hall–Kier alpha value is -0.660. The Kier molecular flexibility index (Phi) is 4.24. The molecule has 1 aromatic rings. The van der Waals surface area contributed by atoms with Crippen LogP contribution in [-0.4, -0.2) is 39.0 Å². The standard InChI is InChI=1S/C11H15ClN2O3S/c12-10-2-1-9(8-13)7-11(10)18(15,16)14-3-5-17-6-4-14/h1-2,7H,3-6,8,13H2. The fourth-order valence-corrected chi connectivity index (χ4v) is 3.73. The normalized spacial score (nSPS) is 17.9. The molecule has 0 saturated carbocycles. The average Bonchev–Trinajstić information content (AvgIpc) is 2.40. The van der Waals surface area contributed by atoms with Gasteiger partial charge in [-0.25, -0.2) is 8.42 Å². The molecule has 1 fully saturated rings. The number of rotatable bonds is 3. The van der Waals surface area contributed by atoms with Gasteiger partial charge in [-0.2, -0.15) is 4.31 Å². The van der Waals surface area contributed by atoms with Gasteiger partial charge in [0.15, 0.2) is 0 Å². The summed E-state index contributed by atoms with van der Waals surface area (Å²) in [5.41, 5.74) is 6.26. The first-order valence-electron chi connectivity index (χ1n) is 5.62. The number of hydrogen-bond acceptors (Lipinski definition) is 4. The highest BCUT2D eigenvalue weighted by Crippen LogP contribution is 2.26.